The summed E-state index contributed by atoms with van der Waals surface area (Å²) in [7, 11) is 1.42. The standard InChI is InChI=1S/C16H16O3/c1-19-16-14(17)11-10-13(15(16)18)9-5-8-12-6-3-2-4-7-12/h2-8,10-11,17-18H,9H2,1H3. The quantitative estimate of drug-likeness (QED) is 0.881. The second kappa shape index (κ2) is 5.96. The van der Waals surface area contributed by atoms with E-state index in [2.05, 4.69) is 0 Å². The van der Waals surface area contributed by atoms with Crippen molar-refractivity contribution < 1.29 is 14.9 Å². The largest absolute Gasteiger partial charge is 0.504 e. The molecule has 0 aliphatic heterocycles. The van der Waals surface area contributed by atoms with E-state index in [4.69, 9.17) is 4.74 Å². The van der Waals surface area contributed by atoms with E-state index in [1.54, 1.807) is 6.07 Å². The highest BCUT2D eigenvalue weighted by atomic mass is 16.5. The van der Waals surface area contributed by atoms with Gasteiger partial charge in [0.1, 0.15) is 0 Å². The number of hydrogen-bond acceptors (Lipinski definition) is 3. The average molecular weight is 256 g/mol. The SMILES string of the molecule is COc1c(O)ccc(CC=Cc2ccccc2)c1O. The third kappa shape index (κ3) is 3.07. The zero-order valence-electron chi connectivity index (χ0n) is 10.7. The van der Waals surface area contributed by atoms with Gasteiger partial charge in [0, 0.05) is 5.56 Å². The number of benzene rings is 2. The maximum atomic E-state index is 9.95. The zero-order chi connectivity index (χ0) is 13.7. The minimum atomic E-state index is -0.0595. The van der Waals surface area contributed by atoms with Crippen LogP contribution >= 0.6 is 0 Å². The van der Waals surface area contributed by atoms with Crippen molar-refractivity contribution in [2.45, 2.75) is 6.42 Å². The minimum Gasteiger partial charge on any atom is -0.504 e. The van der Waals surface area contributed by atoms with Crippen LogP contribution in [0.3, 0.4) is 0 Å². The Labute approximate surface area is 112 Å². The summed E-state index contributed by atoms with van der Waals surface area (Å²) in [5.41, 5.74) is 1.81. The molecule has 0 amide bonds. The first-order valence-electron chi connectivity index (χ1n) is 6.01. The molecule has 0 saturated heterocycles. The lowest BCUT2D eigenvalue weighted by atomic mass is 10.1. The molecule has 0 aliphatic rings. The number of ether oxygens (including phenoxy) is 1. The predicted molar refractivity (Wildman–Crippen MR) is 75.5 cm³/mol. The fourth-order valence-electron chi connectivity index (χ4n) is 1.85. The maximum absolute atomic E-state index is 9.95. The summed E-state index contributed by atoms with van der Waals surface area (Å²) in [5, 5.41) is 19.5. The van der Waals surface area contributed by atoms with Gasteiger partial charge in [-0.25, -0.2) is 0 Å². The first kappa shape index (κ1) is 13.0. The van der Waals surface area contributed by atoms with Crippen LogP contribution in [0.2, 0.25) is 0 Å². The molecule has 2 aromatic rings. The molecular weight excluding hydrogens is 240 g/mol. The number of phenolic OH excluding ortho intramolecular Hbond substituents is 2. The van der Waals surface area contributed by atoms with Crippen LogP contribution in [-0.4, -0.2) is 17.3 Å². The number of allylic oxidation sites excluding steroid dienone is 1. The summed E-state index contributed by atoms with van der Waals surface area (Å²) in [6, 6.07) is 13.1. The molecule has 98 valence electrons. The molecule has 2 rings (SSSR count). The van der Waals surface area contributed by atoms with Gasteiger partial charge in [-0.1, -0.05) is 48.6 Å². The van der Waals surface area contributed by atoms with E-state index in [0.717, 1.165) is 5.56 Å². The van der Waals surface area contributed by atoms with Gasteiger partial charge in [0.05, 0.1) is 7.11 Å². The Morgan fingerprint density at radius 2 is 1.79 bits per heavy atom. The number of methoxy groups -OCH3 is 1. The Morgan fingerprint density at radius 1 is 1.05 bits per heavy atom. The van der Waals surface area contributed by atoms with Gasteiger partial charge in [-0.3, -0.25) is 0 Å². The highest BCUT2D eigenvalue weighted by Crippen LogP contribution is 2.38. The summed E-state index contributed by atoms with van der Waals surface area (Å²) >= 11 is 0. The van der Waals surface area contributed by atoms with E-state index >= 15 is 0 Å². The third-order valence-corrected chi connectivity index (χ3v) is 2.85. The molecule has 19 heavy (non-hydrogen) atoms. The minimum absolute atomic E-state index is 0.0137. The van der Waals surface area contributed by atoms with Crippen molar-refractivity contribution >= 4 is 6.08 Å². The summed E-state index contributed by atoms with van der Waals surface area (Å²) in [4.78, 5) is 0. The normalized spacial score (nSPS) is 10.8. The molecule has 0 heterocycles. The van der Waals surface area contributed by atoms with Gasteiger partial charge in [0.25, 0.3) is 0 Å². The molecule has 0 fully saturated rings. The average Bonchev–Trinajstić information content (AvgIpc) is 2.43. The summed E-state index contributed by atoms with van der Waals surface area (Å²) < 4.78 is 4.96. The van der Waals surface area contributed by atoms with Crippen LogP contribution in [0.5, 0.6) is 17.2 Å². The lowest BCUT2D eigenvalue weighted by Gasteiger charge is -2.09. The Kier molecular flexibility index (Phi) is 4.08. The highest BCUT2D eigenvalue weighted by molar-refractivity contribution is 5.56. The van der Waals surface area contributed by atoms with Crippen molar-refractivity contribution in [1.29, 1.82) is 0 Å². The van der Waals surface area contributed by atoms with Crippen LogP contribution in [0, 0.1) is 0 Å². The van der Waals surface area contributed by atoms with Crippen LogP contribution in [-0.2, 0) is 6.42 Å². The summed E-state index contributed by atoms with van der Waals surface area (Å²) in [5.74, 6) is 0.0432. The number of rotatable bonds is 4. The summed E-state index contributed by atoms with van der Waals surface area (Å²) in [6.45, 7) is 0. The monoisotopic (exact) mass is 256 g/mol. The lowest BCUT2D eigenvalue weighted by Crippen LogP contribution is -1.89. The van der Waals surface area contributed by atoms with Gasteiger partial charge < -0.3 is 14.9 Å². The fraction of sp³-hybridized carbons (Fsp3) is 0.125. The van der Waals surface area contributed by atoms with Gasteiger partial charge in [-0.05, 0) is 18.1 Å². The molecule has 2 N–H and O–H groups in total. The van der Waals surface area contributed by atoms with Crippen LogP contribution < -0.4 is 4.74 Å². The Balaban J connectivity index is 2.14. The fourth-order valence-corrected chi connectivity index (χ4v) is 1.85. The molecule has 2 aromatic carbocycles. The molecule has 0 saturated carbocycles. The molecule has 3 heteroatoms. The molecule has 0 bridgehead atoms. The first-order valence-corrected chi connectivity index (χ1v) is 6.01. The zero-order valence-corrected chi connectivity index (χ0v) is 10.7. The Hall–Kier alpha value is -2.42. The molecular formula is C16H16O3. The second-order valence-corrected chi connectivity index (χ2v) is 4.14. The smallest absolute Gasteiger partial charge is 0.203 e. The van der Waals surface area contributed by atoms with Crippen molar-refractivity contribution in [2.24, 2.45) is 0 Å². The molecule has 0 radical (unpaired) electrons. The van der Waals surface area contributed by atoms with Gasteiger partial charge in [0.2, 0.25) is 5.75 Å². The van der Waals surface area contributed by atoms with E-state index < -0.39 is 0 Å². The van der Waals surface area contributed by atoms with E-state index in [0.29, 0.717) is 12.0 Å². The topological polar surface area (TPSA) is 49.7 Å². The van der Waals surface area contributed by atoms with Crippen LogP contribution in [0.25, 0.3) is 6.08 Å². The molecule has 0 atom stereocenters. The lowest BCUT2D eigenvalue weighted by molar-refractivity contribution is 0.343. The molecule has 0 aromatic heterocycles. The van der Waals surface area contributed by atoms with Crippen molar-refractivity contribution in [2.75, 3.05) is 7.11 Å². The van der Waals surface area contributed by atoms with E-state index in [1.165, 1.54) is 13.2 Å². The van der Waals surface area contributed by atoms with Crippen LogP contribution in [0.4, 0.5) is 0 Å². The van der Waals surface area contributed by atoms with Crippen LogP contribution in [0.1, 0.15) is 11.1 Å². The maximum Gasteiger partial charge on any atom is 0.203 e. The van der Waals surface area contributed by atoms with Crippen molar-refractivity contribution in [1.82, 2.24) is 0 Å². The number of aromatic hydroxyl groups is 2. The van der Waals surface area contributed by atoms with Gasteiger partial charge in [-0.15, -0.1) is 0 Å². The van der Waals surface area contributed by atoms with Gasteiger partial charge in [-0.2, -0.15) is 0 Å². The third-order valence-electron chi connectivity index (χ3n) is 2.85. The van der Waals surface area contributed by atoms with E-state index in [9.17, 15) is 10.2 Å². The van der Waals surface area contributed by atoms with Gasteiger partial charge >= 0.3 is 0 Å². The van der Waals surface area contributed by atoms with E-state index in [1.807, 2.05) is 42.5 Å². The van der Waals surface area contributed by atoms with Crippen LogP contribution in [0.15, 0.2) is 48.5 Å². The highest BCUT2D eigenvalue weighted by Gasteiger charge is 2.11. The van der Waals surface area contributed by atoms with Crippen molar-refractivity contribution in [3.05, 3.63) is 59.7 Å². The Bertz CT molecular complexity index is 574. The van der Waals surface area contributed by atoms with Crippen molar-refractivity contribution in [3.8, 4) is 17.2 Å². The summed E-state index contributed by atoms with van der Waals surface area (Å²) in [6.07, 6.45) is 4.51. The number of hydrogen-bond donors (Lipinski definition) is 2. The molecule has 3 nitrogen and oxygen atoms in total. The molecule has 0 aliphatic carbocycles. The number of phenols is 2. The molecule has 0 unspecified atom stereocenters. The second-order valence-electron chi connectivity index (χ2n) is 4.14. The predicted octanol–water partition coefficient (Wildman–Crippen LogP) is 3.36. The molecule has 0 spiro atoms. The van der Waals surface area contributed by atoms with E-state index in [-0.39, 0.29) is 17.2 Å². The van der Waals surface area contributed by atoms with Crippen molar-refractivity contribution in [3.63, 3.8) is 0 Å². The first-order chi connectivity index (χ1) is 9.22. The Morgan fingerprint density at radius 3 is 2.47 bits per heavy atom. The van der Waals surface area contributed by atoms with Gasteiger partial charge in [0.15, 0.2) is 11.5 Å².